The van der Waals surface area contributed by atoms with Crippen molar-refractivity contribution in [3.63, 3.8) is 0 Å². The first-order chi connectivity index (χ1) is 13.0. The highest BCUT2D eigenvalue weighted by Crippen LogP contribution is 2.67. The Hall–Kier alpha value is -1.53. The average Bonchev–Trinajstić information content (AvgIpc) is 2.92. The van der Waals surface area contributed by atoms with Gasteiger partial charge in [-0.1, -0.05) is 37.5 Å². The van der Waals surface area contributed by atoms with E-state index in [4.69, 9.17) is 6.42 Å². The molecule has 152 valence electrons. The summed E-state index contributed by atoms with van der Waals surface area (Å²) in [5.74, 6) is 3.64. The van der Waals surface area contributed by atoms with Crippen LogP contribution in [0.3, 0.4) is 0 Å². The molecule has 0 saturated heterocycles. The van der Waals surface area contributed by atoms with Crippen molar-refractivity contribution >= 4 is 5.97 Å². The normalized spacial score (nSPS) is 45.1. The highest BCUT2D eigenvalue weighted by Gasteiger charge is 2.63. The molecule has 0 amide bonds. The van der Waals surface area contributed by atoms with Gasteiger partial charge in [-0.15, -0.1) is 6.42 Å². The Balaban J connectivity index is 1.69. The molecule has 0 heterocycles. The van der Waals surface area contributed by atoms with E-state index < -0.39 is 17.0 Å². The minimum atomic E-state index is -0.960. The summed E-state index contributed by atoms with van der Waals surface area (Å²) >= 11 is 0. The SMILES string of the molecule is C#C[C@]1(O)CC[C@@H]2[C@@H]3CC=C4C=C(C(C)(C)C(=O)O)CC[C@]4(C)[C@H]3CC[C@@]21C. The van der Waals surface area contributed by atoms with Crippen LogP contribution in [0.2, 0.25) is 0 Å². The smallest absolute Gasteiger partial charge is 0.313 e. The maximum Gasteiger partial charge on any atom is 0.313 e. The molecule has 0 aromatic heterocycles. The highest BCUT2D eigenvalue weighted by molar-refractivity contribution is 5.78. The quantitative estimate of drug-likeness (QED) is 0.664. The molecule has 0 aromatic rings. The van der Waals surface area contributed by atoms with Crippen LogP contribution < -0.4 is 0 Å². The van der Waals surface area contributed by atoms with Gasteiger partial charge in [0, 0.05) is 5.41 Å². The topological polar surface area (TPSA) is 57.5 Å². The summed E-state index contributed by atoms with van der Waals surface area (Å²) < 4.78 is 0. The predicted molar refractivity (Wildman–Crippen MR) is 110 cm³/mol. The number of carbonyl (C=O) groups is 1. The third kappa shape index (κ3) is 2.37. The Labute approximate surface area is 169 Å². The lowest BCUT2D eigenvalue weighted by Crippen LogP contribution is -2.53. The summed E-state index contributed by atoms with van der Waals surface area (Å²) in [5, 5.41) is 20.7. The molecule has 0 aliphatic heterocycles. The van der Waals surface area contributed by atoms with Gasteiger partial charge in [0.2, 0.25) is 0 Å². The molecule has 0 aromatic carbocycles. The minimum Gasteiger partial charge on any atom is -0.481 e. The van der Waals surface area contributed by atoms with Gasteiger partial charge in [0.15, 0.2) is 0 Å². The third-order valence-electron chi connectivity index (χ3n) is 9.50. The number of aliphatic hydroxyl groups is 1. The molecule has 4 aliphatic rings. The lowest BCUT2D eigenvalue weighted by molar-refractivity contribution is -0.145. The molecule has 3 nitrogen and oxygen atoms in total. The van der Waals surface area contributed by atoms with E-state index in [0.717, 1.165) is 50.5 Å². The number of allylic oxidation sites excluding steroid dienone is 3. The van der Waals surface area contributed by atoms with Crippen LogP contribution in [0.25, 0.3) is 0 Å². The van der Waals surface area contributed by atoms with Gasteiger partial charge in [-0.05, 0) is 87.5 Å². The van der Waals surface area contributed by atoms with E-state index in [1.54, 1.807) is 0 Å². The van der Waals surface area contributed by atoms with Crippen LogP contribution >= 0.6 is 0 Å². The zero-order valence-electron chi connectivity index (χ0n) is 17.7. The van der Waals surface area contributed by atoms with Crippen molar-refractivity contribution in [3.05, 3.63) is 23.3 Å². The van der Waals surface area contributed by atoms with Crippen molar-refractivity contribution in [2.45, 2.75) is 78.2 Å². The molecule has 2 fully saturated rings. The number of carboxylic acids is 1. The Bertz CT molecular complexity index is 812. The van der Waals surface area contributed by atoms with E-state index in [-0.39, 0.29) is 10.8 Å². The molecular formula is C25H34O3. The number of hydrogen-bond acceptors (Lipinski definition) is 2. The Morgan fingerprint density at radius 3 is 2.54 bits per heavy atom. The predicted octanol–water partition coefficient (Wildman–Crippen LogP) is 4.96. The summed E-state index contributed by atoms with van der Waals surface area (Å²) in [4.78, 5) is 11.7. The first kappa shape index (κ1) is 19.8. The maximum absolute atomic E-state index is 11.7. The molecule has 0 spiro atoms. The van der Waals surface area contributed by atoms with E-state index in [1.165, 1.54) is 5.57 Å². The summed E-state index contributed by atoms with van der Waals surface area (Å²) in [6.07, 6.45) is 17.1. The van der Waals surface area contributed by atoms with Gasteiger partial charge < -0.3 is 10.2 Å². The third-order valence-corrected chi connectivity index (χ3v) is 9.50. The van der Waals surface area contributed by atoms with Gasteiger partial charge in [0.1, 0.15) is 5.60 Å². The van der Waals surface area contributed by atoms with Crippen LogP contribution in [0, 0.1) is 46.3 Å². The summed E-state index contributed by atoms with van der Waals surface area (Å²) in [7, 11) is 0. The molecule has 3 heteroatoms. The van der Waals surface area contributed by atoms with E-state index in [2.05, 4.69) is 31.9 Å². The summed E-state index contributed by atoms with van der Waals surface area (Å²) in [5.41, 5.74) is 0.561. The second kappa shape index (κ2) is 5.99. The van der Waals surface area contributed by atoms with Gasteiger partial charge >= 0.3 is 5.97 Å². The molecule has 28 heavy (non-hydrogen) atoms. The lowest BCUT2D eigenvalue weighted by atomic mass is 9.47. The number of terminal acetylenes is 1. The summed E-state index contributed by atoms with van der Waals surface area (Å²) in [6, 6.07) is 0. The van der Waals surface area contributed by atoms with E-state index in [9.17, 15) is 15.0 Å². The van der Waals surface area contributed by atoms with E-state index in [0.29, 0.717) is 17.8 Å². The number of aliphatic carboxylic acids is 1. The van der Waals surface area contributed by atoms with Crippen LogP contribution in [0.15, 0.2) is 23.3 Å². The standard InChI is InChI=1S/C25H34O3/c1-6-25(28)14-11-20-18-8-7-17-15-16(22(2,3)21(26)27)9-12-23(17,4)19(18)10-13-24(20,25)5/h1,7,15,18-20,28H,8-14H2,2-5H3,(H,26,27)/t18-,19+,20-,23+,24+,25+/m1/s1. The molecule has 6 atom stereocenters. The Morgan fingerprint density at radius 2 is 1.89 bits per heavy atom. The van der Waals surface area contributed by atoms with Crippen LogP contribution in [0.5, 0.6) is 0 Å². The number of carboxylic acid groups (broad SMARTS) is 1. The molecular weight excluding hydrogens is 348 g/mol. The second-order valence-corrected chi connectivity index (χ2v) is 10.8. The van der Waals surface area contributed by atoms with Crippen molar-refractivity contribution in [2.24, 2.45) is 34.0 Å². The fourth-order valence-corrected chi connectivity index (χ4v) is 7.21. The molecule has 4 rings (SSSR count). The van der Waals surface area contributed by atoms with E-state index >= 15 is 0 Å². The largest absolute Gasteiger partial charge is 0.481 e. The monoisotopic (exact) mass is 382 g/mol. The first-order valence-electron chi connectivity index (χ1n) is 10.8. The first-order valence-corrected chi connectivity index (χ1v) is 10.8. The van der Waals surface area contributed by atoms with Crippen molar-refractivity contribution in [2.75, 3.05) is 0 Å². The van der Waals surface area contributed by atoms with Gasteiger partial charge in [0.05, 0.1) is 5.41 Å². The Kier molecular flexibility index (Phi) is 4.23. The molecule has 0 bridgehead atoms. The zero-order valence-corrected chi connectivity index (χ0v) is 17.7. The van der Waals surface area contributed by atoms with Crippen LogP contribution in [0.4, 0.5) is 0 Å². The van der Waals surface area contributed by atoms with Crippen molar-refractivity contribution < 1.29 is 15.0 Å². The molecule has 2 saturated carbocycles. The van der Waals surface area contributed by atoms with Crippen molar-refractivity contribution in [1.82, 2.24) is 0 Å². The van der Waals surface area contributed by atoms with Crippen LogP contribution in [0.1, 0.15) is 72.6 Å². The highest BCUT2D eigenvalue weighted by atomic mass is 16.4. The minimum absolute atomic E-state index is 0.110. The molecule has 0 unspecified atom stereocenters. The summed E-state index contributed by atoms with van der Waals surface area (Å²) in [6.45, 7) is 8.25. The molecule has 2 N–H and O–H groups in total. The van der Waals surface area contributed by atoms with Crippen LogP contribution in [-0.2, 0) is 4.79 Å². The second-order valence-electron chi connectivity index (χ2n) is 10.8. The van der Waals surface area contributed by atoms with Gasteiger partial charge in [-0.3, -0.25) is 4.79 Å². The molecule has 0 radical (unpaired) electrons. The van der Waals surface area contributed by atoms with Crippen molar-refractivity contribution in [1.29, 1.82) is 0 Å². The van der Waals surface area contributed by atoms with Crippen LogP contribution in [-0.4, -0.2) is 21.8 Å². The fourth-order valence-electron chi connectivity index (χ4n) is 7.21. The fraction of sp³-hybridized carbons (Fsp3) is 0.720. The van der Waals surface area contributed by atoms with Gasteiger partial charge in [-0.25, -0.2) is 0 Å². The molecule has 4 aliphatic carbocycles. The number of rotatable bonds is 2. The van der Waals surface area contributed by atoms with Crippen molar-refractivity contribution in [3.8, 4) is 12.3 Å². The number of fused-ring (bicyclic) bond motifs is 5. The average molecular weight is 383 g/mol. The lowest BCUT2D eigenvalue weighted by Gasteiger charge is -2.57. The van der Waals surface area contributed by atoms with E-state index in [1.807, 2.05) is 13.8 Å². The van der Waals surface area contributed by atoms with Gasteiger partial charge in [-0.2, -0.15) is 0 Å². The number of hydrogen-bond donors (Lipinski definition) is 2. The Morgan fingerprint density at radius 1 is 1.21 bits per heavy atom. The zero-order chi connectivity index (χ0) is 20.5. The van der Waals surface area contributed by atoms with Gasteiger partial charge in [0.25, 0.3) is 0 Å². The maximum atomic E-state index is 11.7.